The van der Waals surface area contributed by atoms with Gasteiger partial charge in [-0.2, -0.15) is 0 Å². The molecule has 0 atom stereocenters. The highest BCUT2D eigenvalue weighted by molar-refractivity contribution is 5.86. The van der Waals surface area contributed by atoms with Gasteiger partial charge in [0.1, 0.15) is 5.75 Å². The monoisotopic (exact) mass is 272 g/mol. The normalized spacial score (nSPS) is 9.80. The van der Waals surface area contributed by atoms with Crippen LogP contribution in [0.3, 0.4) is 0 Å². The summed E-state index contributed by atoms with van der Waals surface area (Å²) < 4.78 is 10.5. The van der Waals surface area contributed by atoms with E-state index in [1.807, 2.05) is 27.7 Å². The minimum atomic E-state index is -0.464. The summed E-state index contributed by atoms with van der Waals surface area (Å²) in [6.45, 7) is 12.8. The van der Waals surface area contributed by atoms with Crippen molar-refractivity contribution in [2.24, 2.45) is 0 Å². The number of hydrogen-bond donors (Lipinski definition) is 0. The Balaban J connectivity index is 3.01. The molecule has 0 radical (unpaired) electrons. The lowest BCUT2D eigenvalue weighted by atomic mass is 9.93. The standard InChI is InChI=1S/C17H20O3/c1-8-15-11(4)13(6)16(14(7)12(15)5)19-9-20-17(18)10(2)3/h1H,2,9H2,3-7H3. The van der Waals surface area contributed by atoms with Crippen LogP contribution in [0.5, 0.6) is 5.75 Å². The van der Waals surface area contributed by atoms with Gasteiger partial charge in [0.2, 0.25) is 6.79 Å². The van der Waals surface area contributed by atoms with Gasteiger partial charge in [-0.05, 0) is 56.9 Å². The Bertz CT molecular complexity index is 575. The van der Waals surface area contributed by atoms with E-state index < -0.39 is 5.97 Å². The van der Waals surface area contributed by atoms with Crippen LogP contribution in [-0.4, -0.2) is 12.8 Å². The highest BCUT2D eigenvalue weighted by atomic mass is 16.7. The highest BCUT2D eigenvalue weighted by Gasteiger charge is 2.15. The summed E-state index contributed by atoms with van der Waals surface area (Å²) in [7, 11) is 0. The summed E-state index contributed by atoms with van der Waals surface area (Å²) in [5.41, 5.74) is 5.19. The lowest BCUT2D eigenvalue weighted by Crippen LogP contribution is -2.12. The quantitative estimate of drug-likeness (QED) is 0.365. The molecule has 0 saturated heterocycles. The first-order chi connectivity index (χ1) is 9.31. The minimum Gasteiger partial charge on any atom is -0.457 e. The van der Waals surface area contributed by atoms with Crippen LogP contribution in [0.25, 0.3) is 0 Å². The molecule has 0 aliphatic rings. The first-order valence-corrected chi connectivity index (χ1v) is 6.33. The van der Waals surface area contributed by atoms with Crippen LogP contribution in [0.2, 0.25) is 0 Å². The number of benzene rings is 1. The van der Waals surface area contributed by atoms with Crippen molar-refractivity contribution in [2.75, 3.05) is 6.79 Å². The van der Waals surface area contributed by atoms with E-state index in [0.29, 0.717) is 11.3 Å². The molecule has 20 heavy (non-hydrogen) atoms. The van der Waals surface area contributed by atoms with E-state index in [-0.39, 0.29) is 6.79 Å². The maximum Gasteiger partial charge on any atom is 0.335 e. The zero-order valence-corrected chi connectivity index (χ0v) is 12.7. The Hall–Kier alpha value is -2.21. The largest absolute Gasteiger partial charge is 0.457 e. The van der Waals surface area contributed by atoms with E-state index in [2.05, 4.69) is 12.5 Å². The van der Waals surface area contributed by atoms with Crippen molar-refractivity contribution in [1.82, 2.24) is 0 Å². The van der Waals surface area contributed by atoms with Gasteiger partial charge in [0.15, 0.2) is 0 Å². The third kappa shape index (κ3) is 3.03. The number of esters is 1. The second-order valence-electron chi connectivity index (χ2n) is 4.82. The van der Waals surface area contributed by atoms with E-state index in [1.165, 1.54) is 0 Å². The summed E-state index contributed by atoms with van der Waals surface area (Å²) in [6.07, 6.45) is 5.54. The summed E-state index contributed by atoms with van der Waals surface area (Å²) in [5, 5.41) is 0. The molecule has 1 aromatic rings. The van der Waals surface area contributed by atoms with Crippen LogP contribution < -0.4 is 4.74 Å². The van der Waals surface area contributed by atoms with Gasteiger partial charge in [-0.3, -0.25) is 0 Å². The van der Waals surface area contributed by atoms with Crippen LogP contribution in [0.4, 0.5) is 0 Å². The molecule has 0 aliphatic heterocycles. The average Bonchev–Trinajstić information content (AvgIpc) is 2.40. The van der Waals surface area contributed by atoms with Crippen LogP contribution >= 0.6 is 0 Å². The molecule has 0 saturated carbocycles. The van der Waals surface area contributed by atoms with Crippen molar-refractivity contribution in [3.63, 3.8) is 0 Å². The van der Waals surface area contributed by atoms with Gasteiger partial charge in [-0.25, -0.2) is 4.79 Å². The van der Waals surface area contributed by atoms with Crippen molar-refractivity contribution in [3.05, 3.63) is 40.0 Å². The zero-order valence-electron chi connectivity index (χ0n) is 12.7. The summed E-state index contributed by atoms with van der Waals surface area (Å²) in [5.74, 6) is 2.96. The number of hydrogen-bond acceptors (Lipinski definition) is 3. The van der Waals surface area contributed by atoms with Crippen LogP contribution in [0.1, 0.15) is 34.7 Å². The summed E-state index contributed by atoms with van der Waals surface area (Å²) >= 11 is 0. The van der Waals surface area contributed by atoms with Crippen molar-refractivity contribution >= 4 is 5.97 Å². The summed E-state index contributed by atoms with van der Waals surface area (Å²) in [6, 6.07) is 0. The van der Waals surface area contributed by atoms with E-state index >= 15 is 0 Å². The fourth-order valence-electron chi connectivity index (χ4n) is 1.98. The van der Waals surface area contributed by atoms with Crippen LogP contribution in [0.15, 0.2) is 12.2 Å². The first-order valence-electron chi connectivity index (χ1n) is 6.33. The Morgan fingerprint density at radius 3 is 2.05 bits per heavy atom. The molecule has 0 fully saturated rings. The van der Waals surface area contributed by atoms with E-state index in [4.69, 9.17) is 15.9 Å². The molecule has 0 aliphatic carbocycles. The second-order valence-corrected chi connectivity index (χ2v) is 4.82. The molecule has 0 heterocycles. The van der Waals surface area contributed by atoms with Gasteiger partial charge >= 0.3 is 5.97 Å². The molecule has 0 bridgehead atoms. The van der Waals surface area contributed by atoms with Crippen LogP contribution in [0, 0.1) is 40.0 Å². The van der Waals surface area contributed by atoms with Crippen molar-refractivity contribution in [1.29, 1.82) is 0 Å². The smallest absolute Gasteiger partial charge is 0.335 e. The lowest BCUT2D eigenvalue weighted by Gasteiger charge is -2.18. The highest BCUT2D eigenvalue weighted by Crippen LogP contribution is 2.32. The number of ether oxygens (including phenoxy) is 2. The molecule has 1 aromatic carbocycles. The SMILES string of the molecule is C#Cc1c(C)c(C)c(OCOC(=O)C(=C)C)c(C)c1C. The maximum atomic E-state index is 11.3. The minimum absolute atomic E-state index is 0.137. The molecule has 1 rings (SSSR count). The van der Waals surface area contributed by atoms with Gasteiger partial charge in [0.25, 0.3) is 0 Å². The predicted molar refractivity (Wildman–Crippen MR) is 79.7 cm³/mol. The number of carbonyl (C=O) groups is 1. The van der Waals surface area contributed by atoms with Crippen molar-refractivity contribution < 1.29 is 14.3 Å². The van der Waals surface area contributed by atoms with Crippen molar-refractivity contribution in [3.8, 4) is 18.1 Å². The molecule has 3 heteroatoms. The first kappa shape index (κ1) is 15.8. The maximum absolute atomic E-state index is 11.3. The Labute approximate surface area is 120 Å². The predicted octanol–water partition coefficient (Wildman–Crippen LogP) is 3.36. The molecule has 0 spiro atoms. The molecule has 0 aromatic heterocycles. The molecule has 106 valence electrons. The second kappa shape index (κ2) is 6.29. The molecule has 0 amide bonds. The van der Waals surface area contributed by atoms with Crippen LogP contribution in [-0.2, 0) is 9.53 Å². The Morgan fingerprint density at radius 1 is 1.15 bits per heavy atom. The van der Waals surface area contributed by atoms with E-state index in [0.717, 1.165) is 27.8 Å². The van der Waals surface area contributed by atoms with E-state index in [9.17, 15) is 4.79 Å². The topological polar surface area (TPSA) is 35.5 Å². The van der Waals surface area contributed by atoms with E-state index in [1.54, 1.807) is 6.92 Å². The molecule has 0 N–H and O–H groups in total. The molecule has 0 unspecified atom stereocenters. The average molecular weight is 272 g/mol. The lowest BCUT2D eigenvalue weighted by molar-refractivity contribution is -0.145. The fraction of sp³-hybridized carbons (Fsp3) is 0.353. The van der Waals surface area contributed by atoms with Gasteiger partial charge in [-0.1, -0.05) is 12.5 Å². The van der Waals surface area contributed by atoms with Gasteiger partial charge < -0.3 is 9.47 Å². The van der Waals surface area contributed by atoms with Crippen molar-refractivity contribution in [2.45, 2.75) is 34.6 Å². The third-order valence-corrected chi connectivity index (χ3v) is 3.44. The Morgan fingerprint density at radius 2 is 1.65 bits per heavy atom. The summed E-state index contributed by atoms with van der Waals surface area (Å²) in [4.78, 5) is 11.3. The molecular weight excluding hydrogens is 252 g/mol. The van der Waals surface area contributed by atoms with Gasteiger partial charge in [0.05, 0.1) is 0 Å². The number of rotatable bonds is 4. The fourth-order valence-corrected chi connectivity index (χ4v) is 1.98. The zero-order chi connectivity index (χ0) is 15.4. The van der Waals surface area contributed by atoms with Gasteiger partial charge in [-0.15, -0.1) is 6.42 Å². The molecular formula is C17H20O3. The molecule has 3 nitrogen and oxygen atoms in total. The third-order valence-electron chi connectivity index (χ3n) is 3.44. The number of carbonyl (C=O) groups excluding carboxylic acids is 1. The Kier molecular flexibility index (Phi) is 4.99. The number of terminal acetylenes is 1. The van der Waals surface area contributed by atoms with Gasteiger partial charge in [0, 0.05) is 11.1 Å².